The first-order chi connectivity index (χ1) is 9.52. The summed E-state index contributed by atoms with van der Waals surface area (Å²) < 4.78 is 0. The van der Waals surface area contributed by atoms with E-state index in [1.807, 2.05) is 31.2 Å². The van der Waals surface area contributed by atoms with Gasteiger partial charge in [0.25, 0.3) is 0 Å². The molecule has 0 spiro atoms. The summed E-state index contributed by atoms with van der Waals surface area (Å²) in [7, 11) is 0. The summed E-state index contributed by atoms with van der Waals surface area (Å²) in [4.78, 5) is 0. The highest BCUT2D eigenvalue weighted by Crippen LogP contribution is 2.32. The van der Waals surface area contributed by atoms with Crippen LogP contribution in [0.5, 0.6) is 0 Å². The third-order valence-corrected chi connectivity index (χ3v) is 3.85. The highest BCUT2D eigenvalue weighted by atomic mass is 16.3. The fourth-order valence-electron chi connectivity index (χ4n) is 2.72. The van der Waals surface area contributed by atoms with E-state index in [1.54, 1.807) is 0 Å². The van der Waals surface area contributed by atoms with Crippen LogP contribution in [0.1, 0.15) is 39.8 Å². The maximum absolute atomic E-state index is 10.7. The van der Waals surface area contributed by atoms with Crippen molar-refractivity contribution < 1.29 is 5.11 Å². The van der Waals surface area contributed by atoms with Gasteiger partial charge in [-0.25, -0.2) is 0 Å². The highest BCUT2D eigenvalue weighted by Gasteiger charge is 2.22. The zero-order valence-electron chi connectivity index (χ0n) is 12.4. The molecule has 2 aromatic rings. The van der Waals surface area contributed by atoms with E-state index in [0.29, 0.717) is 6.54 Å². The van der Waals surface area contributed by atoms with Gasteiger partial charge in [0, 0.05) is 12.5 Å². The number of aryl methyl sites for hydroxylation is 3. The molecule has 0 radical (unpaired) electrons. The second kappa shape index (κ2) is 6.21. The summed E-state index contributed by atoms with van der Waals surface area (Å²) in [6.45, 7) is 6.58. The van der Waals surface area contributed by atoms with Gasteiger partial charge in [-0.1, -0.05) is 53.6 Å². The SMILES string of the molecule is Cc1cccc(C(CN)C(O)c2ccc(C)cc2C)c1. The van der Waals surface area contributed by atoms with E-state index in [2.05, 4.69) is 32.0 Å². The molecule has 0 aromatic heterocycles. The van der Waals surface area contributed by atoms with Crippen LogP contribution in [0.25, 0.3) is 0 Å². The topological polar surface area (TPSA) is 46.2 Å². The molecule has 2 nitrogen and oxygen atoms in total. The summed E-state index contributed by atoms with van der Waals surface area (Å²) in [5.41, 5.74) is 11.5. The predicted molar refractivity (Wildman–Crippen MR) is 83.9 cm³/mol. The zero-order chi connectivity index (χ0) is 14.7. The van der Waals surface area contributed by atoms with Gasteiger partial charge >= 0.3 is 0 Å². The van der Waals surface area contributed by atoms with E-state index in [0.717, 1.165) is 16.7 Å². The molecule has 20 heavy (non-hydrogen) atoms. The summed E-state index contributed by atoms with van der Waals surface area (Å²) >= 11 is 0. The molecular weight excluding hydrogens is 246 g/mol. The lowest BCUT2D eigenvalue weighted by atomic mass is 9.86. The van der Waals surface area contributed by atoms with Crippen LogP contribution >= 0.6 is 0 Å². The molecule has 0 saturated carbocycles. The van der Waals surface area contributed by atoms with Crippen LogP contribution in [-0.4, -0.2) is 11.7 Å². The van der Waals surface area contributed by atoms with E-state index >= 15 is 0 Å². The van der Waals surface area contributed by atoms with Crippen molar-refractivity contribution in [3.63, 3.8) is 0 Å². The van der Waals surface area contributed by atoms with Crippen LogP contribution in [0.4, 0.5) is 0 Å². The van der Waals surface area contributed by atoms with Gasteiger partial charge in [0.15, 0.2) is 0 Å². The average Bonchev–Trinajstić information content (AvgIpc) is 2.39. The lowest BCUT2D eigenvalue weighted by Gasteiger charge is -2.24. The number of hydrogen-bond acceptors (Lipinski definition) is 2. The van der Waals surface area contributed by atoms with E-state index in [9.17, 15) is 5.11 Å². The van der Waals surface area contributed by atoms with Crippen LogP contribution in [0.2, 0.25) is 0 Å². The van der Waals surface area contributed by atoms with Crippen molar-refractivity contribution >= 4 is 0 Å². The molecule has 0 aliphatic rings. The summed E-state index contributed by atoms with van der Waals surface area (Å²) in [5, 5.41) is 10.7. The summed E-state index contributed by atoms with van der Waals surface area (Å²) in [5.74, 6) is -0.0729. The van der Waals surface area contributed by atoms with Gasteiger partial charge < -0.3 is 10.8 Å². The number of aliphatic hydroxyl groups is 1. The van der Waals surface area contributed by atoms with Gasteiger partial charge in [-0.3, -0.25) is 0 Å². The van der Waals surface area contributed by atoms with Crippen LogP contribution in [0, 0.1) is 20.8 Å². The lowest BCUT2D eigenvalue weighted by Crippen LogP contribution is -2.21. The van der Waals surface area contributed by atoms with Crippen molar-refractivity contribution in [2.24, 2.45) is 5.73 Å². The standard InChI is InChI=1S/C18H23NO/c1-12-5-4-6-15(10-12)17(11-19)18(20)16-8-7-13(2)9-14(16)3/h4-10,17-18,20H,11,19H2,1-3H3. The first kappa shape index (κ1) is 14.8. The monoisotopic (exact) mass is 269 g/mol. The quantitative estimate of drug-likeness (QED) is 0.893. The van der Waals surface area contributed by atoms with Gasteiger partial charge in [-0.05, 0) is 37.5 Å². The molecule has 2 aromatic carbocycles. The van der Waals surface area contributed by atoms with Crippen molar-refractivity contribution in [2.75, 3.05) is 6.54 Å². The molecule has 0 aliphatic carbocycles. The Hall–Kier alpha value is -1.64. The molecule has 106 valence electrons. The van der Waals surface area contributed by atoms with Crippen LogP contribution in [0.15, 0.2) is 42.5 Å². The summed E-state index contributed by atoms with van der Waals surface area (Å²) in [6, 6.07) is 14.4. The third-order valence-electron chi connectivity index (χ3n) is 3.85. The third kappa shape index (κ3) is 3.09. The zero-order valence-corrected chi connectivity index (χ0v) is 12.4. The fourth-order valence-corrected chi connectivity index (χ4v) is 2.72. The lowest BCUT2D eigenvalue weighted by molar-refractivity contribution is 0.146. The number of rotatable bonds is 4. The minimum atomic E-state index is -0.567. The van der Waals surface area contributed by atoms with Crippen molar-refractivity contribution in [2.45, 2.75) is 32.8 Å². The Kier molecular flexibility index (Phi) is 4.58. The van der Waals surface area contributed by atoms with Crippen molar-refractivity contribution in [3.05, 3.63) is 70.3 Å². The normalized spacial score (nSPS) is 14.1. The number of hydrogen-bond donors (Lipinski definition) is 2. The second-order valence-corrected chi connectivity index (χ2v) is 5.56. The Morgan fingerprint density at radius 1 is 1.00 bits per heavy atom. The van der Waals surface area contributed by atoms with Gasteiger partial charge in [0.05, 0.1) is 6.10 Å². The average molecular weight is 269 g/mol. The number of aliphatic hydroxyl groups excluding tert-OH is 1. The van der Waals surface area contributed by atoms with E-state index in [4.69, 9.17) is 5.73 Å². The molecule has 0 bridgehead atoms. The predicted octanol–water partition coefficient (Wildman–Crippen LogP) is 3.39. The molecule has 0 heterocycles. The molecule has 0 saturated heterocycles. The first-order valence-corrected chi connectivity index (χ1v) is 7.04. The van der Waals surface area contributed by atoms with Crippen molar-refractivity contribution in [3.8, 4) is 0 Å². The van der Waals surface area contributed by atoms with Gasteiger partial charge in [-0.15, -0.1) is 0 Å². The Balaban J connectivity index is 2.36. The smallest absolute Gasteiger partial charge is 0.0873 e. The van der Waals surface area contributed by atoms with Gasteiger partial charge in [-0.2, -0.15) is 0 Å². The molecule has 0 amide bonds. The summed E-state index contributed by atoms with van der Waals surface area (Å²) in [6.07, 6.45) is -0.567. The Morgan fingerprint density at radius 3 is 2.30 bits per heavy atom. The largest absolute Gasteiger partial charge is 0.388 e. The number of nitrogens with two attached hydrogens (primary N) is 1. The highest BCUT2D eigenvalue weighted by molar-refractivity contribution is 5.35. The van der Waals surface area contributed by atoms with Crippen molar-refractivity contribution in [1.29, 1.82) is 0 Å². The molecule has 0 fully saturated rings. The van der Waals surface area contributed by atoms with E-state index in [-0.39, 0.29) is 5.92 Å². The maximum Gasteiger partial charge on any atom is 0.0873 e. The van der Waals surface area contributed by atoms with Crippen LogP contribution < -0.4 is 5.73 Å². The minimum Gasteiger partial charge on any atom is -0.388 e. The molecule has 2 unspecified atom stereocenters. The number of benzene rings is 2. The fraction of sp³-hybridized carbons (Fsp3) is 0.333. The molecule has 0 aliphatic heterocycles. The Morgan fingerprint density at radius 2 is 1.70 bits per heavy atom. The van der Waals surface area contributed by atoms with E-state index in [1.165, 1.54) is 11.1 Å². The molecule has 3 N–H and O–H groups in total. The van der Waals surface area contributed by atoms with Crippen LogP contribution in [0.3, 0.4) is 0 Å². The molecular formula is C18H23NO. The minimum absolute atomic E-state index is 0.0729. The molecule has 2 heteroatoms. The first-order valence-electron chi connectivity index (χ1n) is 7.04. The van der Waals surface area contributed by atoms with Crippen LogP contribution in [-0.2, 0) is 0 Å². The Labute approximate surface area is 121 Å². The van der Waals surface area contributed by atoms with Crippen molar-refractivity contribution in [1.82, 2.24) is 0 Å². The van der Waals surface area contributed by atoms with Gasteiger partial charge in [0.2, 0.25) is 0 Å². The molecule has 2 atom stereocenters. The second-order valence-electron chi connectivity index (χ2n) is 5.56. The van der Waals surface area contributed by atoms with E-state index < -0.39 is 6.10 Å². The Bertz CT molecular complexity index is 592. The maximum atomic E-state index is 10.7. The molecule has 2 rings (SSSR count). The van der Waals surface area contributed by atoms with Gasteiger partial charge in [0.1, 0.15) is 0 Å².